The van der Waals surface area contributed by atoms with Crippen molar-refractivity contribution in [2.24, 2.45) is 32.5 Å². The standard InChI is InChI=1S/C26H41N7O2S/c1-19-3-2-4-22(19)33-23(30-18-27)21(26(7-8-26)24(33)34)15-29-20-5-12-31(13-6-20)36(35)32-14-10-25(17-32)9-11-28-16-25/h15,18-20,22,28H,2-14,16-17H2,1H3,(H2,27,30). The van der Waals surface area contributed by atoms with Gasteiger partial charge in [-0.3, -0.25) is 14.7 Å². The average Bonchev–Trinajstić information content (AvgIpc) is 3.17. The first-order valence-corrected chi connectivity index (χ1v) is 15.0. The van der Waals surface area contributed by atoms with Crippen LogP contribution in [-0.2, 0) is 16.0 Å². The molecule has 5 fully saturated rings. The summed E-state index contributed by atoms with van der Waals surface area (Å²) in [6, 6.07) is 0.394. The Morgan fingerprint density at radius 3 is 2.53 bits per heavy atom. The number of nitrogens with zero attached hydrogens (tertiary/aromatic N) is 5. The van der Waals surface area contributed by atoms with Gasteiger partial charge in [-0.15, -0.1) is 0 Å². The first-order chi connectivity index (χ1) is 17.5. The van der Waals surface area contributed by atoms with Crippen LogP contribution in [0.1, 0.15) is 64.7 Å². The summed E-state index contributed by atoms with van der Waals surface area (Å²) in [5.74, 6) is 1.41. The summed E-state index contributed by atoms with van der Waals surface area (Å²) in [7, 11) is 0. The van der Waals surface area contributed by atoms with Crippen molar-refractivity contribution in [1.82, 2.24) is 18.8 Å². The number of hydrogen-bond acceptors (Lipinski definition) is 5. The Bertz CT molecular complexity index is 992. The molecule has 9 nitrogen and oxygen atoms in total. The zero-order valence-electron chi connectivity index (χ0n) is 21.5. The quantitative estimate of drug-likeness (QED) is 0.416. The summed E-state index contributed by atoms with van der Waals surface area (Å²) in [6.07, 6.45) is 12.5. The van der Waals surface area contributed by atoms with Gasteiger partial charge in [0.15, 0.2) is 11.2 Å². The SMILES string of the molecule is CC1CCCC1N1C(=O)C2(CC2)C(C=NC2CCN(S(=O)N3CCC4(CCNC4)C3)CC2)=C1/N=C/N. The zero-order chi connectivity index (χ0) is 24.9. The van der Waals surface area contributed by atoms with Gasteiger partial charge in [0.1, 0.15) is 5.82 Å². The van der Waals surface area contributed by atoms with Crippen LogP contribution in [0.15, 0.2) is 21.4 Å². The van der Waals surface area contributed by atoms with E-state index in [9.17, 15) is 9.00 Å². The van der Waals surface area contributed by atoms with Crippen molar-refractivity contribution < 1.29 is 9.00 Å². The summed E-state index contributed by atoms with van der Waals surface area (Å²) in [6.45, 7) is 7.84. The first-order valence-electron chi connectivity index (χ1n) is 13.9. The summed E-state index contributed by atoms with van der Waals surface area (Å²) < 4.78 is 17.6. The third-order valence-corrected chi connectivity index (χ3v) is 11.3. The third-order valence-electron chi connectivity index (χ3n) is 9.72. The van der Waals surface area contributed by atoms with Crippen molar-refractivity contribution in [1.29, 1.82) is 0 Å². The summed E-state index contributed by atoms with van der Waals surface area (Å²) >= 11 is -1.06. The third kappa shape index (κ3) is 4.18. The fourth-order valence-electron chi connectivity index (χ4n) is 7.26. The molecule has 0 aromatic rings. The van der Waals surface area contributed by atoms with E-state index < -0.39 is 16.6 Å². The van der Waals surface area contributed by atoms with Crippen molar-refractivity contribution in [2.75, 3.05) is 39.3 Å². The largest absolute Gasteiger partial charge is 0.390 e. The van der Waals surface area contributed by atoms with Crippen LogP contribution in [-0.4, -0.2) is 87.5 Å². The highest BCUT2D eigenvalue weighted by atomic mass is 32.2. The lowest BCUT2D eigenvalue weighted by atomic mass is 9.87. The molecule has 1 amide bonds. The van der Waals surface area contributed by atoms with E-state index >= 15 is 0 Å². The van der Waals surface area contributed by atoms with Gasteiger partial charge in [-0.1, -0.05) is 13.3 Å². The minimum absolute atomic E-state index is 0.183. The van der Waals surface area contributed by atoms with Crippen LogP contribution in [0, 0.1) is 16.7 Å². The minimum atomic E-state index is -1.06. The molecule has 0 aromatic carbocycles. The molecule has 198 valence electrons. The van der Waals surface area contributed by atoms with Gasteiger partial charge in [-0.25, -0.2) is 17.8 Å². The Hall–Kier alpha value is -1.62. The van der Waals surface area contributed by atoms with Crippen LogP contribution in [0.3, 0.4) is 0 Å². The number of carbonyl (C=O) groups is 1. The Morgan fingerprint density at radius 1 is 1.08 bits per heavy atom. The van der Waals surface area contributed by atoms with E-state index in [0.29, 0.717) is 11.3 Å². The maximum absolute atomic E-state index is 13.6. The van der Waals surface area contributed by atoms with Crippen molar-refractivity contribution >= 4 is 29.6 Å². The highest BCUT2D eigenvalue weighted by molar-refractivity contribution is 7.80. The van der Waals surface area contributed by atoms with E-state index in [1.165, 1.54) is 12.8 Å². The maximum Gasteiger partial charge on any atom is 0.239 e. The molecular weight excluding hydrogens is 474 g/mol. The number of nitrogens with one attached hydrogen (secondary N) is 1. The Kier molecular flexibility index (Phi) is 6.59. The van der Waals surface area contributed by atoms with Crippen LogP contribution < -0.4 is 11.1 Å². The molecule has 36 heavy (non-hydrogen) atoms. The second kappa shape index (κ2) is 9.60. The lowest BCUT2D eigenvalue weighted by Crippen LogP contribution is -2.43. The van der Waals surface area contributed by atoms with Gasteiger partial charge < -0.3 is 11.1 Å². The zero-order valence-corrected chi connectivity index (χ0v) is 22.3. The normalized spacial score (nSPS) is 36.7. The van der Waals surface area contributed by atoms with Gasteiger partial charge >= 0.3 is 0 Å². The molecule has 10 heteroatoms. The molecule has 4 aliphatic heterocycles. The smallest absolute Gasteiger partial charge is 0.239 e. The van der Waals surface area contributed by atoms with Gasteiger partial charge in [0.05, 0.1) is 17.8 Å². The van der Waals surface area contributed by atoms with Gasteiger partial charge in [0.25, 0.3) is 0 Å². The predicted molar refractivity (Wildman–Crippen MR) is 142 cm³/mol. The topological polar surface area (TPSA) is 107 Å². The van der Waals surface area contributed by atoms with Crippen LogP contribution in [0.2, 0.25) is 0 Å². The lowest BCUT2D eigenvalue weighted by molar-refractivity contribution is -0.134. The molecule has 2 aliphatic carbocycles. The Labute approximate surface area is 217 Å². The first kappa shape index (κ1) is 24.7. The van der Waals surface area contributed by atoms with Gasteiger partial charge in [0, 0.05) is 50.6 Å². The number of nitrogens with two attached hydrogens (primary N) is 1. The maximum atomic E-state index is 13.6. The monoisotopic (exact) mass is 515 g/mol. The summed E-state index contributed by atoms with van der Waals surface area (Å²) in [4.78, 5) is 25.0. The lowest BCUT2D eigenvalue weighted by Gasteiger charge is -2.32. The van der Waals surface area contributed by atoms with Gasteiger partial charge in [-0.2, -0.15) is 0 Å². The number of carbonyl (C=O) groups excluding carboxylic acids is 1. The van der Waals surface area contributed by atoms with E-state index in [-0.39, 0.29) is 18.0 Å². The molecule has 3 saturated heterocycles. The molecule has 6 rings (SSSR count). The molecule has 6 aliphatic rings. The number of aliphatic imine (C=N–C) groups is 2. The number of rotatable bonds is 6. The van der Waals surface area contributed by atoms with E-state index in [2.05, 4.69) is 25.8 Å². The van der Waals surface area contributed by atoms with Crippen LogP contribution >= 0.6 is 0 Å². The number of amides is 1. The van der Waals surface area contributed by atoms with Crippen molar-refractivity contribution in [2.45, 2.75) is 76.8 Å². The minimum Gasteiger partial charge on any atom is -0.390 e. The van der Waals surface area contributed by atoms with Gasteiger partial charge in [0.2, 0.25) is 5.91 Å². The Morgan fingerprint density at radius 2 is 1.89 bits per heavy atom. The highest BCUT2D eigenvalue weighted by Crippen LogP contribution is 2.59. The van der Waals surface area contributed by atoms with Crippen LogP contribution in [0.25, 0.3) is 0 Å². The molecule has 0 aromatic heterocycles. The predicted octanol–water partition coefficient (Wildman–Crippen LogP) is 1.80. The summed E-state index contributed by atoms with van der Waals surface area (Å²) in [5, 5.41) is 3.48. The van der Waals surface area contributed by atoms with Crippen molar-refractivity contribution in [3.8, 4) is 0 Å². The Balaban J connectivity index is 1.12. The molecular formula is C26H41N7O2S. The number of hydrogen-bond donors (Lipinski definition) is 2. The van der Waals surface area contributed by atoms with E-state index in [1.807, 2.05) is 11.1 Å². The highest BCUT2D eigenvalue weighted by Gasteiger charge is 2.62. The number of piperidine rings is 1. The molecule has 2 spiro atoms. The van der Waals surface area contributed by atoms with Crippen molar-refractivity contribution in [3.05, 3.63) is 11.4 Å². The second-order valence-electron chi connectivity index (χ2n) is 12.0. The molecule has 2 saturated carbocycles. The molecule has 3 N–H and O–H groups in total. The molecule has 4 unspecified atom stereocenters. The average molecular weight is 516 g/mol. The van der Waals surface area contributed by atoms with E-state index in [1.54, 1.807) is 0 Å². The second-order valence-corrected chi connectivity index (χ2v) is 13.5. The van der Waals surface area contributed by atoms with Crippen LogP contribution in [0.4, 0.5) is 0 Å². The molecule has 4 atom stereocenters. The summed E-state index contributed by atoms with van der Waals surface area (Å²) in [5.41, 5.74) is 6.60. The van der Waals surface area contributed by atoms with Crippen molar-refractivity contribution in [3.63, 3.8) is 0 Å². The fourth-order valence-corrected chi connectivity index (χ4v) is 8.74. The van der Waals surface area contributed by atoms with E-state index in [0.717, 1.165) is 102 Å². The molecule has 0 radical (unpaired) electrons. The molecule has 0 bridgehead atoms. The van der Waals surface area contributed by atoms with Gasteiger partial charge in [-0.05, 0) is 69.2 Å². The van der Waals surface area contributed by atoms with E-state index in [4.69, 9.17) is 10.7 Å². The van der Waals surface area contributed by atoms with Crippen LogP contribution in [0.5, 0.6) is 0 Å². The fraction of sp³-hybridized carbons (Fsp3) is 0.808. The molecule has 4 heterocycles.